The lowest BCUT2D eigenvalue weighted by molar-refractivity contribution is 0.0884. The minimum absolute atomic E-state index is 0.539. The number of nitrogens with one attached hydrogen (secondary N) is 1. The molecule has 0 saturated carbocycles. The highest BCUT2D eigenvalue weighted by Gasteiger charge is 1.94. The van der Waals surface area contributed by atoms with Crippen LogP contribution >= 0.6 is 0 Å². The topological polar surface area (TPSA) is 33.0 Å². The second-order valence-electron chi connectivity index (χ2n) is 1.82. The Kier molecular flexibility index (Phi) is 4.04. The lowest BCUT2D eigenvalue weighted by Gasteiger charge is -2.01. The molecule has 2 nitrogen and oxygen atoms in total. The molecule has 0 spiro atoms. The summed E-state index contributed by atoms with van der Waals surface area (Å²) in [6.07, 6.45) is 1.10. The molecule has 0 aliphatic carbocycles. The summed E-state index contributed by atoms with van der Waals surface area (Å²) in [7, 11) is 0. The SMILES string of the molecule is CCC(C)CO[NH]. The third kappa shape index (κ3) is 3.76. The van der Waals surface area contributed by atoms with Gasteiger partial charge in [0.1, 0.15) is 0 Å². The molecule has 0 saturated heterocycles. The van der Waals surface area contributed by atoms with Gasteiger partial charge in [0.05, 0.1) is 6.61 Å². The van der Waals surface area contributed by atoms with Gasteiger partial charge in [-0.1, -0.05) is 20.3 Å². The second kappa shape index (κ2) is 4.09. The molecule has 1 atom stereocenters. The zero-order valence-corrected chi connectivity index (χ0v) is 4.90. The van der Waals surface area contributed by atoms with Crippen molar-refractivity contribution in [3.05, 3.63) is 0 Å². The van der Waals surface area contributed by atoms with E-state index in [0.717, 1.165) is 6.42 Å². The summed E-state index contributed by atoms with van der Waals surface area (Å²) in [5.74, 6) is 6.88. The molecule has 0 aliphatic heterocycles. The van der Waals surface area contributed by atoms with Crippen LogP contribution in [0.3, 0.4) is 0 Å². The van der Waals surface area contributed by atoms with E-state index >= 15 is 0 Å². The van der Waals surface area contributed by atoms with E-state index < -0.39 is 0 Å². The van der Waals surface area contributed by atoms with Crippen LogP contribution in [0.2, 0.25) is 0 Å². The van der Waals surface area contributed by atoms with E-state index in [1.165, 1.54) is 0 Å². The minimum Gasteiger partial charge on any atom is -0.285 e. The number of hydrogen-bond donors (Lipinski definition) is 0. The number of hydrogen-bond acceptors (Lipinski definition) is 1. The summed E-state index contributed by atoms with van der Waals surface area (Å²) in [6, 6.07) is 0. The van der Waals surface area contributed by atoms with Crippen LogP contribution in [0.5, 0.6) is 0 Å². The quantitative estimate of drug-likeness (QED) is 0.493. The molecule has 2 heteroatoms. The molecule has 7 heavy (non-hydrogen) atoms. The Hall–Kier alpha value is -0.0800. The van der Waals surface area contributed by atoms with Crippen LogP contribution in [-0.4, -0.2) is 6.61 Å². The third-order valence-corrected chi connectivity index (χ3v) is 1.06. The van der Waals surface area contributed by atoms with E-state index in [1.54, 1.807) is 0 Å². The fourth-order valence-corrected chi connectivity index (χ4v) is 0.260. The van der Waals surface area contributed by atoms with Crippen LogP contribution < -0.4 is 5.90 Å². The summed E-state index contributed by atoms with van der Waals surface area (Å²) in [5, 5.41) is 0. The first-order chi connectivity index (χ1) is 3.31. The van der Waals surface area contributed by atoms with Gasteiger partial charge in [0, 0.05) is 0 Å². The lowest BCUT2D eigenvalue weighted by Crippen LogP contribution is -2.01. The van der Waals surface area contributed by atoms with Gasteiger partial charge in [-0.3, -0.25) is 4.84 Å². The molecule has 0 aliphatic rings. The Morgan fingerprint density at radius 2 is 2.29 bits per heavy atom. The molecular formula is C5H12NO. The third-order valence-electron chi connectivity index (χ3n) is 1.06. The zero-order chi connectivity index (χ0) is 5.70. The Balaban J connectivity index is 2.83. The van der Waals surface area contributed by atoms with E-state index in [1.807, 2.05) is 0 Å². The number of rotatable bonds is 3. The molecule has 0 aromatic heterocycles. The van der Waals surface area contributed by atoms with E-state index in [-0.39, 0.29) is 0 Å². The fraction of sp³-hybridized carbons (Fsp3) is 1.00. The molecule has 1 unspecified atom stereocenters. The average Bonchev–Trinajstić information content (AvgIpc) is 1.68. The maximum atomic E-state index is 6.34. The van der Waals surface area contributed by atoms with Gasteiger partial charge in [0.2, 0.25) is 0 Å². The monoisotopic (exact) mass is 102 g/mol. The molecule has 0 bridgehead atoms. The highest BCUT2D eigenvalue weighted by molar-refractivity contribution is 4.43. The van der Waals surface area contributed by atoms with Gasteiger partial charge < -0.3 is 0 Å². The van der Waals surface area contributed by atoms with Crippen LogP contribution in [0.1, 0.15) is 20.3 Å². The van der Waals surface area contributed by atoms with Gasteiger partial charge in [-0.15, -0.1) is 5.90 Å². The molecule has 1 radical (unpaired) electrons. The predicted molar refractivity (Wildman–Crippen MR) is 28.5 cm³/mol. The summed E-state index contributed by atoms with van der Waals surface area (Å²) < 4.78 is 0. The summed E-state index contributed by atoms with van der Waals surface area (Å²) in [6.45, 7) is 4.72. The first-order valence-corrected chi connectivity index (χ1v) is 2.59. The molecule has 0 aromatic rings. The van der Waals surface area contributed by atoms with Gasteiger partial charge in [0.25, 0.3) is 0 Å². The summed E-state index contributed by atoms with van der Waals surface area (Å²) in [5.41, 5.74) is 0. The van der Waals surface area contributed by atoms with Crippen LogP contribution in [-0.2, 0) is 4.84 Å². The largest absolute Gasteiger partial charge is 0.285 e. The van der Waals surface area contributed by atoms with E-state index in [9.17, 15) is 0 Å². The molecule has 1 N–H and O–H groups in total. The van der Waals surface area contributed by atoms with Crippen molar-refractivity contribution in [1.82, 2.24) is 5.90 Å². The average molecular weight is 102 g/mol. The van der Waals surface area contributed by atoms with Gasteiger partial charge >= 0.3 is 0 Å². The Morgan fingerprint density at radius 1 is 1.71 bits per heavy atom. The molecule has 0 aromatic carbocycles. The summed E-state index contributed by atoms with van der Waals surface area (Å²) in [4.78, 5) is 4.14. The van der Waals surface area contributed by atoms with Crippen molar-refractivity contribution in [2.75, 3.05) is 6.61 Å². The van der Waals surface area contributed by atoms with Gasteiger partial charge in [-0.2, -0.15) is 0 Å². The Morgan fingerprint density at radius 3 is 2.43 bits per heavy atom. The van der Waals surface area contributed by atoms with Crippen molar-refractivity contribution in [3.63, 3.8) is 0 Å². The van der Waals surface area contributed by atoms with Crippen LogP contribution in [0.15, 0.2) is 0 Å². The highest BCUT2D eigenvalue weighted by Crippen LogP contribution is 1.97. The fourth-order valence-electron chi connectivity index (χ4n) is 0.260. The van der Waals surface area contributed by atoms with E-state index in [0.29, 0.717) is 12.5 Å². The van der Waals surface area contributed by atoms with E-state index in [2.05, 4.69) is 18.7 Å². The first-order valence-electron chi connectivity index (χ1n) is 2.59. The first kappa shape index (κ1) is 6.92. The maximum Gasteiger partial charge on any atom is 0.0725 e. The molecule has 0 amide bonds. The molecule has 0 rings (SSSR count). The highest BCUT2D eigenvalue weighted by atomic mass is 16.6. The zero-order valence-electron chi connectivity index (χ0n) is 4.90. The Labute approximate surface area is 44.6 Å². The molecule has 43 valence electrons. The van der Waals surface area contributed by atoms with Crippen molar-refractivity contribution >= 4 is 0 Å². The molecular weight excluding hydrogens is 90.1 g/mol. The molecule has 0 heterocycles. The van der Waals surface area contributed by atoms with Crippen molar-refractivity contribution in [2.45, 2.75) is 20.3 Å². The van der Waals surface area contributed by atoms with Crippen molar-refractivity contribution in [2.24, 2.45) is 5.92 Å². The lowest BCUT2D eigenvalue weighted by atomic mass is 10.1. The Bertz CT molecular complexity index is 39.1. The van der Waals surface area contributed by atoms with Crippen LogP contribution in [0.25, 0.3) is 0 Å². The predicted octanol–water partition coefficient (Wildman–Crippen LogP) is 1.25. The normalized spacial score (nSPS) is 14.1. The van der Waals surface area contributed by atoms with Gasteiger partial charge in [0.15, 0.2) is 0 Å². The van der Waals surface area contributed by atoms with Crippen LogP contribution in [0.4, 0.5) is 0 Å². The van der Waals surface area contributed by atoms with Crippen molar-refractivity contribution in [1.29, 1.82) is 0 Å². The minimum atomic E-state index is 0.539. The summed E-state index contributed by atoms with van der Waals surface area (Å²) >= 11 is 0. The van der Waals surface area contributed by atoms with Crippen molar-refractivity contribution in [3.8, 4) is 0 Å². The van der Waals surface area contributed by atoms with Crippen LogP contribution in [0, 0.1) is 5.92 Å². The van der Waals surface area contributed by atoms with Gasteiger partial charge in [-0.05, 0) is 5.92 Å². The van der Waals surface area contributed by atoms with Crippen molar-refractivity contribution < 1.29 is 4.84 Å². The molecule has 0 fully saturated rings. The standard InChI is InChI=1S/C5H12NO/c1-3-5(2)4-7-6/h5-6H,3-4H2,1-2H3. The second-order valence-corrected chi connectivity index (χ2v) is 1.82. The van der Waals surface area contributed by atoms with E-state index in [4.69, 9.17) is 5.90 Å². The van der Waals surface area contributed by atoms with Gasteiger partial charge in [-0.25, -0.2) is 0 Å². The maximum absolute atomic E-state index is 6.34. The smallest absolute Gasteiger partial charge is 0.0725 e.